The van der Waals surface area contributed by atoms with E-state index in [0.717, 1.165) is 87.6 Å². The third-order valence-corrected chi connectivity index (χ3v) is 13.8. The first-order valence-corrected chi connectivity index (χ1v) is 21.8. The van der Waals surface area contributed by atoms with E-state index in [-0.39, 0.29) is 23.3 Å². The minimum absolute atomic E-state index is 0.166. The molecule has 3 N–H and O–H groups in total. The normalized spacial score (nSPS) is 21.5. The Labute approximate surface area is 349 Å². The summed E-state index contributed by atoms with van der Waals surface area (Å²) in [5, 5.41) is 10.1. The molecule has 1 aromatic carbocycles. The van der Waals surface area contributed by atoms with Crippen molar-refractivity contribution < 1.29 is 9.59 Å². The Morgan fingerprint density at radius 3 is 2.42 bits per heavy atom. The van der Waals surface area contributed by atoms with Crippen molar-refractivity contribution in [1.82, 2.24) is 39.9 Å². The van der Waals surface area contributed by atoms with E-state index in [1.54, 1.807) is 17.0 Å². The molecule has 1 spiro atoms. The Balaban J connectivity index is 0.699. The number of pyridine rings is 2. The van der Waals surface area contributed by atoms with Gasteiger partial charge in [-0.2, -0.15) is 4.98 Å². The number of anilines is 4. The van der Waals surface area contributed by atoms with Crippen molar-refractivity contribution in [3.8, 4) is 5.82 Å². The molecule has 1 saturated carbocycles. The smallest absolute Gasteiger partial charge is 0.278 e. The maximum Gasteiger partial charge on any atom is 0.278 e. The highest BCUT2D eigenvalue weighted by molar-refractivity contribution is 6.00. The van der Waals surface area contributed by atoms with Gasteiger partial charge in [0.2, 0.25) is 17.8 Å². The number of piperidine rings is 2. The molecule has 14 heteroatoms. The second-order valence-corrected chi connectivity index (χ2v) is 17.7. The fourth-order valence-electron chi connectivity index (χ4n) is 10.4. The molecule has 60 heavy (non-hydrogen) atoms. The Bertz CT molecular complexity index is 2490. The summed E-state index contributed by atoms with van der Waals surface area (Å²) in [4.78, 5) is 61.2. The standard InChI is InChI=1S/C46H53N11O3/c1-3-19-56-44(60)37-26-49-45(53-42(37)57(56)39-15-7-31-6-5-30(4-2)41(31)51-39)50-32-8-10-34(11-9-32)55-27-46(28-55)22-33(23-46)47-24-29-17-20-54(21-18-29)35-12-14-38(48-25-35)36-13-16-40(58)52-43(36)59/h3,7-12,14-15,25-26,29-30,33,36,47H,1,4-6,13,16-24,27-28H2,2H3,(H,49,50,53)(H,52,58,59). The minimum Gasteiger partial charge on any atom is -0.370 e. The van der Waals surface area contributed by atoms with Crippen LogP contribution in [0.2, 0.25) is 0 Å². The molecule has 2 atom stereocenters. The van der Waals surface area contributed by atoms with Gasteiger partial charge in [0.25, 0.3) is 5.56 Å². The molecule has 4 aromatic heterocycles. The Morgan fingerprint density at radius 2 is 1.68 bits per heavy atom. The molecule has 7 heterocycles. The van der Waals surface area contributed by atoms with Gasteiger partial charge in [-0.3, -0.25) is 24.7 Å². The number of nitrogens with zero attached hydrogens (tertiary/aromatic N) is 8. The third-order valence-electron chi connectivity index (χ3n) is 13.8. The monoisotopic (exact) mass is 807 g/mol. The van der Waals surface area contributed by atoms with Crippen LogP contribution in [0.1, 0.15) is 87.1 Å². The molecular weight excluding hydrogens is 755 g/mol. The lowest BCUT2D eigenvalue weighted by molar-refractivity contribution is -0.134. The average molecular weight is 808 g/mol. The lowest BCUT2D eigenvalue weighted by atomic mass is 9.60. The SMILES string of the molecule is C=CCn1c(=O)c2cnc(Nc3ccc(N4CC5(CC(NCC6CCN(c7ccc(C8CCC(=O)NC8=O)nc7)CC6)C5)C4)cc3)nc2n1-c1ccc2c(n1)C(CC)CC2. The van der Waals surface area contributed by atoms with Crippen LogP contribution >= 0.6 is 0 Å². The van der Waals surface area contributed by atoms with E-state index in [1.165, 1.54) is 24.1 Å². The van der Waals surface area contributed by atoms with Crippen molar-refractivity contribution in [3.05, 3.63) is 101 Å². The largest absolute Gasteiger partial charge is 0.370 e. The van der Waals surface area contributed by atoms with Crippen molar-refractivity contribution in [3.63, 3.8) is 0 Å². The van der Waals surface area contributed by atoms with Crippen molar-refractivity contribution in [2.45, 2.75) is 89.1 Å². The number of benzene rings is 1. The van der Waals surface area contributed by atoms with E-state index in [4.69, 9.17) is 9.97 Å². The summed E-state index contributed by atoms with van der Waals surface area (Å²) in [5.41, 5.74) is 7.12. The minimum atomic E-state index is -0.345. The predicted molar refractivity (Wildman–Crippen MR) is 232 cm³/mol. The number of nitrogens with one attached hydrogen (secondary N) is 3. The van der Waals surface area contributed by atoms with Gasteiger partial charge in [0.15, 0.2) is 11.5 Å². The summed E-state index contributed by atoms with van der Waals surface area (Å²) in [7, 11) is 0. The molecule has 0 radical (unpaired) electrons. The van der Waals surface area contributed by atoms with E-state index < -0.39 is 0 Å². The van der Waals surface area contributed by atoms with Crippen LogP contribution in [-0.2, 0) is 22.6 Å². The summed E-state index contributed by atoms with van der Waals surface area (Å²) in [5.74, 6) is 1.42. The number of carbonyl (C=O) groups is 2. The number of hydrogen-bond donors (Lipinski definition) is 3. The van der Waals surface area contributed by atoms with Crippen molar-refractivity contribution >= 4 is 45.9 Å². The molecule has 4 fully saturated rings. The Morgan fingerprint density at radius 1 is 0.883 bits per heavy atom. The van der Waals surface area contributed by atoms with Gasteiger partial charge in [0.05, 0.1) is 30.0 Å². The van der Waals surface area contributed by atoms with Gasteiger partial charge >= 0.3 is 0 Å². The van der Waals surface area contributed by atoms with Crippen LogP contribution in [0, 0.1) is 11.3 Å². The van der Waals surface area contributed by atoms with Crippen LogP contribution in [0.3, 0.4) is 0 Å². The van der Waals surface area contributed by atoms with Crippen molar-refractivity contribution in [2.24, 2.45) is 11.3 Å². The summed E-state index contributed by atoms with van der Waals surface area (Å²) < 4.78 is 3.45. The third kappa shape index (κ3) is 7.14. The molecule has 5 aliphatic rings. The number of carbonyl (C=O) groups excluding carboxylic acids is 2. The van der Waals surface area contributed by atoms with Crippen LogP contribution in [-0.4, -0.2) is 79.9 Å². The topological polar surface area (TPSA) is 155 Å². The van der Waals surface area contributed by atoms with Crippen LogP contribution < -0.4 is 31.3 Å². The number of aryl methyl sites for hydroxylation is 1. The summed E-state index contributed by atoms with van der Waals surface area (Å²) in [6.07, 6.45) is 14.0. The summed E-state index contributed by atoms with van der Waals surface area (Å²) >= 11 is 0. The highest BCUT2D eigenvalue weighted by atomic mass is 16.2. The number of hydrogen-bond acceptors (Lipinski definition) is 11. The zero-order chi connectivity index (χ0) is 41.0. The fourth-order valence-corrected chi connectivity index (χ4v) is 10.4. The molecule has 2 amide bonds. The van der Waals surface area contributed by atoms with Crippen LogP contribution in [0.25, 0.3) is 16.9 Å². The summed E-state index contributed by atoms with van der Waals surface area (Å²) in [6, 6.07) is 17.2. The van der Waals surface area contributed by atoms with Crippen molar-refractivity contribution in [2.75, 3.05) is 47.8 Å². The number of amides is 2. The van der Waals surface area contributed by atoms with Crippen LogP contribution in [0.15, 0.2) is 78.4 Å². The first-order chi connectivity index (χ1) is 29.3. The quantitative estimate of drug-likeness (QED) is 0.105. The van der Waals surface area contributed by atoms with E-state index >= 15 is 0 Å². The molecule has 2 unspecified atom stereocenters. The zero-order valence-electron chi connectivity index (χ0n) is 34.3. The highest BCUT2D eigenvalue weighted by Crippen LogP contribution is 2.50. The molecule has 14 nitrogen and oxygen atoms in total. The van der Waals surface area contributed by atoms with E-state index in [0.29, 0.717) is 65.5 Å². The maximum absolute atomic E-state index is 13.5. The van der Waals surface area contributed by atoms with Gasteiger partial charge in [-0.05, 0) is 112 Å². The molecule has 3 aliphatic heterocycles. The zero-order valence-corrected chi connectivity index (χ0v) is 34.3. The number of allylic oxidation sites excluding steroid dienone is 1. The first kappa shape index (κ1) is 38.3. The van der Waals surface area contributed by atoms with E-state index in [1.807, 2.05) is 23.0 Å². The maximum atomic E-state index is 13.5. The number of aromatic nitrogens is 6. The second-order valence-electron chi connectivity index (χ2n) is 17.7. The number of imide groups is 1. The molecule has 2 aliphatic carbocycles. The van der Waals surface area contributed by atoms with Crippen LogP contribution in [0.4, 0.5) is 23.0 Å². The average Bonchev–Trinajstić information content (AvgIpc) is 3.77. The van der Waals surface area contributed by atoms with Crippen LogP contribution in [0.5, 0.6) is 0 Å². The molecule has 0 bridgehead atoms. The van der Waals surface area contributed by atoms with Gasteiger partial charge in [-0.25, -0.2) is 19.3 Å². The molecule has 3 saturated heterocycles. The Hall–Kier alpha value is -5.89. The van der Waals surface area contributed by atoms with Crippen molar-refractivity contribution in [1.29, 1.82) is 0 Å². The highest BCUT2D eigenvalue weighted by Gasteiger charge is 2.52. The number of fused-ring (bicyclic) bond motifs is 2. The van der Waals surface area contributed by atoms with E-state index in [2.05, 4.69) is 85.6 Å². The molecular formula is C46H53N11O3. The fraction of sp³-hybridized carbons (Fsp3) is 0.457. The molecule has 10 rings (SSSR count). The van der Waals surface area contributed by atoms with Gasteiger partial charge < -0.3 is 20.4 Å². The lowest BCUT2D eigenvalue weighted by Gasteiger charge is -2.60. The number of rotatable bonds is 12. The van der Waals surface area contributed by atoms with Gasteiger partial charge in [0.1, 0.15) is 5.39 Å². The van der Waals surface area contributed by atoms with E-state index in [9.17, 15) is 14.4 Å². The second kappa shape index (κ2) is 15.6. The van der Waals surface area contributed by atoms with Gasteiger partial charge in [-0.15, -0.1) is 6.58 Å². The lowest BCUT2D eigenvalue weighted by Crippen LogP contribution is -2.66. The summed E-state index contributed by atoms with van der Waals surface area (Å²) in [6.45, 7) is 11.7. The molecule has 5 aromatic rings. The predicted octanol–water partition coefficient (Wildman–Crippen LogP) is 5.74. The van der Waals surface area contributed by atoms with Gasteiger partial charge in [0, 0.05) is 73.2 Å². The molecule has 310 valence electrons. The first-order valence-electron chi connectivity index (χ1n) is 21.8. The Kier molecular flexibility index (Phi) is 9.97. The van der Waals surface area contributed by atoms with Gasteiger partial charge in [-0.1, -0.05) is 19.1 Å².